The first-order valence-electron chi connectivity index (χ1n) is 6.66. The van der Waals surface area contributed by atoms with Crippen molar-refractivity contribution in [3.63, 3.8) is 0 Å². The van der Waals surface area contributed by atoms with Crippen molar-refractivity contribution in [2.75, 3.05) is 45.7 Å². The average molecular weight is 250 g/mol. The Balaban J connectivity index is 2.52. The molecule has 0 aliphatic rings. The molecule has 0 saturated heterocycles. The summed E-state index contributed by atoms with van der Waals surface area (Å²) in [6.07, 6.45) is 1.16. The van der Waals surface area contributed by atoms with E-state index >= 15 is 0 Å². The fraction of sp³-hybridized carbons (Fsp3) is 0.643. The van der Waals surface area contributed by atoms with Crippen molar-refractivity contribution in [2.45, 2.75) is 19.9 Å². The van der Waals surface area contributed by atoms with Crippen LogP contribution in [-0.4, -0.2) is 50.7 Å². The molecule has 1 aromatic heterocycles. The number of aromatic nitrogens is 1. The predicted octanol–water partition coefficient (Wildman–Crippen LogP) is 1.58. The molecule has 1 heterocycles. The van der Waals surface area contributed by atoms with Gasteiger partial charge in [-0.1, -0.05) is 13.0 Å². The van der Waals surface area contributed by atoms with Gasteiger partial charge in [0.25, 0.3) is 0 Å². The molecule has 0 fully saturated rings. The van der Waals surface area contributed by atoms with E-state index in [1.54, 1.807) is 0 Å². The van der Waals surface area contributed by atoms with Gasteiger partial charge < -0.3 is 15.1 Å². The van der Waals surface area contributed by atoms with E-state index in [1.165, 1.54) is 0 Å². The van der Waals surface area contributed by atoms with Crippen molar-refractivity contribution in [2.24, 2.45) is 0 Å². The fourth-order valence-electron chi connectivity index (χ4n) is 1.64. The van der Waals surface area contributed by atoms with E-state index in [9.17, 15) is 0 Å². The minimum absolute atomic E-state index is 0.850. The number of pyridine rings is 1. The molecule has 0 aromatic carbocycles. The maximum Gasteiger partial charge on any atom is 0.128 e. The Morgan fingerprint density at radius 2 is 1.94 bits per heavy atom. The number of nitrogens with one attached hydrogen (secondary N) is 1. The molecule has 0 amide bonds. The van der Waals surface area contributed by atoms with Gasteiger partial charge in [0.05, 0.1) is 5.69 Å². The van der Waals surface area contributed by atoms with Crippen molar-refractivity contribution < 1.29 is 0 Å². The van der Waals surface area contributed by atoms with E-state index in [0.717, 1.165) is 44.1 Å². The third-order valence-electron chi connectivity index (χ3n) is 2.80. The quantitative estimate of drug-likeness (QED) is 0.710. The lowest BCUT2D eigenvalue weighted by Crippen LogP contribution is -2.29. The van der Waals surface area contributed by atoms with Crippen LogP contribution in [0.4, 0.5) is 5.82 Å². The van der Waals surface area contributed by atoms with Crippen LogP contribution in [0.1, 0.15) is 19.0 Å². The highest BCUT2D eigenvalue weighted by atomic mass is 15.2. The number of anilines is 1. The Hall–Kier alpha value is -1.13. The van der Waals surface area contributed by atoms with Crippen LogP contribution < -0.4 is 10.2 Å². The third-order valence-corrected chi connectivity index (χ3v) is 2.80. The van der Waals surface area contributed by atoms with Crippen LogP contribution in [0.3, 0.4) is 0 Å². The Morgan fingerprint density at radius 1 is 1.17 bits per heavy atom. The lowest BCUT2D eigenvalue weighted by molar-refractivity contribution is 0.416. The molecule has 0 saturated carbocycles. The first-order chi connectivity index (χ1) is 8.63. The molecule has 0 bridgehead atoms. The van der Waals surface area contributed by atoms with E-state index in [-0.39, 0.29) is 0 Å². The molecule has 4 nitrogen and oxygen atoms in total. The maximum atomic E-state index is 4.67. The van der Waals surface area contributed by atoms with Crippen LogP contribution in [0.2, 0.25) is 0 Å². The summed E-state index contributed by atoms with van der Waals surface area (Å²) in [5.41, 5.74) is 1.11. The zero-order chi connectivity index (χ0) is 13.4. The van der Waals surface area contributed by atoms with Crippen LogP contribution in [0.15, 0.2) is 18.2 Å². The highest BCUT2D eigenvalue weighted by Gasteiger charge is 2.03. The summed E-state index contributed by atoms with van der Waals surface area (Å²) in [5.74, 6) is 1.05. The molecule has 102 valence electrons. The molecule has 0 spiro atoms. The zero-order valence-electron chi connectivity index (χ0n) is 12.1. The SMILES string of the molecule is CCCNCc1cccc(N(C)CCN(C)C)n1. The van der Waals surface area contributed by atoms with Crippen molar-refractivity contribution in [3.8, 4) is 0 Å². The summed E-state index contributed by atoms with van der Waals surface area (Å²) in [5, 5.41) is 3.38. The van der Waals surface area contributed by atoms with Crippen LogP contribution in [0, 0.1) is 0 Å². The van der Waals surface area contributed by atoms with Gasteiger partial charge >= 0.3 is 0 Å². The van der Waals surface area contributed by atoms with Crippen molar-refractivity contribution >= 4 is 5.82 Å². The molecule has 4 heteroatoms. The molecule has 0 radical (unpaired) electrons. The second-order valence-corrected chi connectivity index (χ2v) is 4.89. The van der Waals surface area contributed by atoms with Gasteiger partial charge in [0.2, 0.25) is 0 Å². The van der Waals surface area contributed by atoms with E-state index < -0.39 is 0 Å². The van der Waals surface area contributed by atoms with Gasteiger partial charge in [-0.25, -0.2) is 4.98 Å². The minimum Gasteiger partial charge on any atom is -0.358 e. The summed E-state index contributed by atoms with van der Waals surface area (Å²) < 4.78 is 0. The second-order valence-electron chi connectivity index (χ2n) is 4.89. The summed E-state index contributed by atoms with van der Waals surface area (Å²) >= 11 is 0. The summed E-state index contributed by atoms with van der Waals surface area (Å²) in [6, 6.07) is 6.22. The van der Waals surface area contributed by atoms with Gasteiger partial charge in [-0.05, 0) is 39.2 Å². The number of likely N-dealkylation sites (N-methyl/N-ethyl adjacent to an activating group) is 2. The molecule has 1 aromatic rings. The molecular formula is C14H26N4. The van der Waals surface area contributed by atoms with E-state index in [4.69, 9.17) is 0 Å². The number of hydrogen-bond acceptors (Lipinski definition) is 4. The number of rotatable bonds is 8. The fourth-order valence-corrected chi connectivity index (χ4v) is 1.64. The zero-order valence-corrected chi connectivity index (χ0v) is 12.1. The number of hydrogen-bond donors (Lipinski definition) is 1. The largest absolute Gasteiger partial charge is 0.358 e. The summed E-state index contributed by atoms with van der Waals surface area (Å²) in [4.78, 5) is 9.05. The monoisotopic (exact) mass is 250 g/mol. The van der Waals surface area contributed by atoms with E-state index in [1.807, 2.05) is 0 Å². The Bertz CT molecular complexity index is 338. The summed E-state index contributed by atoms with van der Waals surface area (Å²) in [7, 11) is 6.27. The standard InChI is InChI=1S/C14H26N4/c1-5-9-15-12-13-7-6-8-14(16-13)18(4)11-10-17(2)3/h6-8,15H,5,9-12H2,1-4H3. The predicted molar refractivity (Wildman–Crippen MR) is 78.1 cm³/mol. The average Bonchev–Trinajstić information content (AvgIpc) is 2.36. The normalized spacial score (nSPS) is 10.9. The Labute approximate surface area is 111 Å². The smallest absolute Gasteiger partial charge is 0.128 e. The highest BCUT2D eigenvalue weighted by Crippen LogP contribution is 2.09. The van der Waals surface area contributed by atoms with Gasteiger partial charge in [-0.3, -0.25) is 0 Å². The third kappa shape index (κ3) is 5.47. The van der Waals surface area contributed by atoms with Crippen molar-refractivity contribution in [1.29, 1.82) is 0 Å². The lowest BCUT2D eigenvalue weighted by atomic mass is 10.3. The summed E-state index contributed by atoms with van der Waals surface area (Å²) in [6.45, 7) is 6.10. The number of nitrogens with zero attached hydrogens (tertiary/aromatic N) is 3. The van der Waals surface area contributed by atoms with E-state index in [2.05, 4.69) is 66.4 Å². The van der Waals surface area contributed by atoms with Gasteiger partial charge in [0.15, 0.2) is 0 Å². The molecule has 1 N–H and O–H groups in total. The van der Waals surface area contributed by atoms with Crippen molar-refractivity contribution in [1.82, 2.24) is 15.2 Å². The second kappa shape index (κ2) is 8.06. The van der Waals surface area contributed by atoms with Gasteiger partial charge in [-0.2, -0.15) is 0 Å². The van der Waals surface area contributed by atoms with Crippen LogP contribution in [0.5, 0.6) is 0 Å². The minimum atomic E-state index is 0.850. The molecule has 0 aliphatic heterocycles. The highest BCUT2D eigenvalue weighted by molar-refractivity contribution is 5.38. The lowest BCUT2D eigenvalue weighted by Gasteiger charge is -2.21. The first-order valence-corrected chi connectivity index (χ1v) is 6.66. The van der Waals surface area contributed by atoms with Gasteiger partial charge in [0, 0.05) is 26.7 Å². The Morgan fingerprint density at radius 3 is 2.61 bits per heavy atom. The topological polar surface area (TPSA) is 31.4 Å². The molecule has 1 rings (SSSR count). The Kier molecular flexibility index (Phi) is 6.68. The van der Waals surface area contributed by atoms with Crippen molar-refractivity contribution in [3.05, 3.63) is 23.9 Å². The molecule has 0 atom stereocenters. The maximum absolute atomic E-state index is 4.67. The molecule has 0 aliphatic carbocycles. The molecule has 18 heavy (non-hydrogen) atoms. The van der Waals surface area contributed by atoms with Crippen LogP contribution in [-0.2, 0) is 6.54 Å². The van der Waals surface area contributed by atoms with E-state index in [0.29, 0.717) is 0 Å². The molecular weight excluding hydrogens is 224 g/mol. The van der Waals surface area contributed by atoms with Gasteiger partial charge in [0.1, 0.15) is 5.82 Å². The molecule has 0 unspecified atom stereocenters. The van der Waals surface area contributed by atoms with Crippen LogP contribution in [0.25, 0.3) is 0 Å². The first kappa shape index (κ1) is 14.9. The van der Waals surface area contributed by atoms with Crippen LogP contribution >= 0.6 is 0 Å². The van der Waals surface area contributed by atoms with Gasteiger partial charge in [-0.15, -0.1) is 0 Å².